The zero-order valence-corrected chi connectivity index (χ0v) is 11.6. The Morgan fingerprint density at radius 3 is 2.72 bits per heavy atom. The number of rotatable bonds is 5. The summed E-state index contributed by atoms with van der Waals surface area (Å²) >= 11 is 7.74. The van der Waals surface area contributed by atoms with Gasteiger partial charge in [-0.25, -0.2) is 0 Å². The summed E-state index contributed by atoms with van der Waals surface area (Å²) in [5.74, 6) is 0.459. The van der Waals surface area contributed by atoms with Crippen LogP contribution in [0.15, 0.2) is 30.3 Å². The lowest BCUT2D eigenvalue weighted by molar-refractivity contribution is 0.111. The van der Waals surface area contributed by atoms with E-state index >= 15 is 0 Å². The van der Waals surface area contributed by atoms with Crippen LogP contribution in [0.1, 0.15) is 27.0 Å². The van der Waals surface area contributed by atoms with Crippen LogP contribution in [0.5, 0.6) is 5.75 Å². The van der Waals surface area contributed by atoms with Gasteiger partial charge in [-0.1, -0.05) is 24.6 Å². The van der Waals surface area contributed by atoms with E-state index < -0.39 is 0 Å². The van der Waals surface area contributed by atoms with Gasteiger partial charge in [0, 0.05) is 9.75 Å². The molecule has 94 valence electrons. The molecule has 0 saturated heterocycles. The highest BCUT2D eigenvalue weighted by Gasteiger charge is 2.08. The largest absolute Gasteiger partial charge is 0.486 e. The molecule has 1 aromatic heterocycles. The molecule has 0 spiro atoms. The molecule has 1 heterocycles. The Morgan fingerprint density at radius 2 is 2.06 bits per heavy atom. The molecule has 2 aromatic rings. The fraction of sp³-hybridized carbons (Fsp3) is 0.214. The Kier molecular flexibility index (Phi) is 4.39. The zero-order chi connectivity index (χ0) is 13.0. The van der Waals surface area contributed by atoms with Gasteiger partial charge in [0.2, 0.25) is 0 Å². The van der Waals surface area contributed by atoms with Crippen LogP contribution in [0.4, 0.5) is 0 Å². The lowest BCUT2D eigenvalue weighted by Crippen LogP contribution is -1.97. The van der Waals surface area contributed by atoms with E-state index in [1.54, 1.807) is 29.5 Å². The van der Waals surface area contributed by atoms with Gasteiger partial charge < -0.3 is 4.74 Å². The van der Waals surface area contributed by atoms with Crippen LogP contribution in [0, 0.1) is 0 Å². The third-order valence-corrected chi connectivity index (χ3v) is 4.05. The summed E-state index contributed by atoms with van der Waals surface area (Å²) in [6, 6.07) is 9.28. The molecule has 2 rings (SSSR count). The summed E-state index contributed by atoms with van der Waals surface area (Å²) in [5.41, 5.74) is 0.481. The molecule has 0 aliphatic carbocycles. The molecule has 0 radical (unpaired) electrons. The number of thiophene rings is 1. The summed E-state index contributed by atoms with van der Waals surface area (Å²) in [5, 5.41) is 0.465. The first kappa shape index (κ1) is 13.1. The first-order valence-electron chi connectivity index (χ1n) is 5.68. The lowest BCUT2D eigenvalue weighted by Gasteiger charge is -2.08. The van der Waals surface area contributed by atoms with Crippen LogP contribution in [-0.2, 0) is 13.0 Å². The molecule has 1 aromatic carbocycles. The van der Waals surface area contributed by atoms with Crippen molar-refractivity contribution in [3.63, 3.8) is 0 Å². The van der Waals surface area contributed by atoms with E-state index in [1.807, 2.05) is 6.07 Å². The highest BCUT2D eigenvalue weighted by atomic mass is 35.5. The first-order valence-corrected chi connectivity index (χ1v) is 6.88. The van der Waals surface area contributed by atoms with Crippen molar-refractivity contribution in [3.8, 4) is 5.75 Å². The molecule has 0 N–H and O–H groups in total. The monoisotopic (exact) mass is 280 g/mol. The van der Waals surface area contributed by atoms with E-state index in [1.165, 1.54) is 4.88 Å². The van der Waals surface area contributed by atoms with Crippen molar-refractivity contribution in [2.75, 3.05) is 0 Å². The summed E-state index contributed by atoms with van der Waals surface area (Å²) in [6.07, 6.45) is 1.78. The number of hydrogen-bond donors (Lipinski definition) is 0. The topological polar surface area (TPSA) is 26.3 Å². The number of halogens is 1. The van der Waals surface area contributed by atoms with Crippen LogP contribution in [0.2, 0.25) is 5.02 Å². The van der Waals surface area contributed by atoms with Crippen molar-refractivity contribution >= 4 is 29.2 Å². The predicted octanol–water partition coefficient (Wildman–Crippen LogP) is 4.36. The molecule has 0 unspecified atom stereocenters. The van der Waals surface area contributed by atoms with Gasteiger partial charge >= 0.3 is 0 Å². The smallest absolute Gasteiger partial charge is 0.153 e. The van der Waals surface area contributed by atoms with Gasteiger partial charge in [0.15, 0.2) is 6.29 Å². The summed E-state index contributed by atoms with van der Waals surface area (Å²) in [4.78, 5) is 13.4. The van der Waals surface area contributed by atoms with Gasteiger partial charge in [-0.3, -0.25) is 4.79 Å². The van der Waals surface area contributed by atoms with Crippen LogP contribution in [0.3, 0.4) is 0 Å². The Bertz CT molecular complexity index is 548. The number of benzene rings is 1. The fourth-order valence-electron chi connectivity index (χ4n) is 1.60. The highest BCUT2D eigenvalue weighted by molar-refractivity contribution is 7.11. The Morgan fingerprint density at radius 1 is 1.28 bits per heavy atom. The minimum Gasteiger partial charge on any atom is -0.486 e. The van der Waals surface area contributed by atoms with Crippen LogP contribution < -0.4 is 4.74 Å². The second-order valence-electron chi connectivity index (χ2n) is 3.79. The van der Waals surface area contributed by atoms with E-state index in [9.17, 15) is 4.79 Å². The van der Waals surface area contributed by atoms with Crippen molar-refractivity contribution in [1.82, 2.24) is 0 Å². The third-order valence-electron chi connectivity index (χ3n) is 2.55. The van der Waals surface area contributed by atoms with Gasteiger partial charge in [-0.2, -0.15) is 0 Å². The molecule has 0 atom stereocenters. The predicted molar refractivity (Wildman–Crippen MR) is 74.9 cm³/mol. The van der Waals surface area contributed by atoms with E-state index in [0.29, 0.717) is 22.9 Å². The van der Waals surface area contributed by atoms with Crippen molar-refractivity contribution in [2.24, 2.45) is 0 Å². The average Bonchev–Trinajstić information content (AvgIpc) is 2.85. The molecule has 18 heavy (non-hydrogen) atoms. The molecule has 0 saturated carbocycles. The van der Waals surface area contributed by atoms with Gasteiger partial charge in [0.1, 0.15) is 12.4 Å². The lowest BCUT2D eigenvalue weighted by atomic mass is 10.2. The summed E-state index contributed by atoms with van der Waals surface area (Å²) < 4.78 is 5.65. The van der Waals surface area contributed by atoms with E-state index in [2.05, 4.69) is 13.0 Å². The van der Waals surface area contributed by atoms with Gasteiger partial charge in [0.05, 0.1) is 10.6 Å². The first-order chi connectivity index (χ1) is 8.74. The number of para-hydroxylation sites is 1. The van der Waals surface area contributed by atoms with Crippen molar-refractivity contribution in [1.29, 1.82) is 0 Å². The molecule has 0 amide bonds. The SMILES string of the molecule is CCc1ccc(COc2c(Cl)cccc2C=O)s1. The molecule has 0 bridgehead atoms. The van der Waals surface area contributed by atoms with Crippen molar-refractivity contribution in [3.05, 3.63) is 50.7 Å². The number of aldehydes is 1. The molecule has 0 aliphatic rings. The van der Waals surface area contributed by atoms with Gasteiger partial charge in [-0.05, 0) is 30.7 Å². The second kappa shape index (κ2) is 6.03. The Balaban J connectivity index is 2.12. The van der Waals surface area contributed by atoms with E-state index in [4.69, 9.17) is 16.3 Å². The van der Waals surface area contributed by atoms with E-state index in [-0.39, 0.29) is 0 Å². The Hall–Kier alpha value is -1.32. The molecule has 4 heteroatoms. The average molecular weight is 281 g/mol. The molecule has 0 aliphatic heterocycles. The minimum atomic E-state index is 0.440. The van der Waals surface area contributed by atoms with Crippen LogP contribution >= 0.6 is 22.9 Å². The van der Waals surface area contributed by atoms with Crippen molar-refractivity contribution < 1.29 is 9.53 Å². The standard InChI is InChI=1S/C14H13ClO2S/c1-2-11-6-7-12(18-11)9-17-14-10(8-16)4-3-5-13(14)15/h3-8H,2,9H2,1H3. The maximum atomic E-state index is 10.9. The number of ether oxygens (including phenoxy) is 1. The number of carbonyl (C=O) groups excluding carboxylic acids is 1. The van der Waals surface area contributed by atoms with E-state index in [0.717, 1.165) is 17.6 Å². The van der Waals surface area contributed by atoms with Crippen LogP contribution in [0.25, 0.3) is 0 Å². The van der Waals surface area contributed by atoms with Crippen molar-refractivity contribution in [2.45, 2.75) is 20.0 Å². The molecular formula is C14H13ClO2S. The summed E-state index contributed by atoms with van der Waals surface area (Å²) in [7, 11) is 0. The zero-order valence-electron chi connectivity index (χ0n) is 9.98. The molecular weight excluding hydrogens is 268 g/mol. The fourth-order valence-corrected chi connectivity index (χ4v) is 2.71. The quantitative estimate of drug-likeness (QED) is 0.761. The summed E-state index contributed by atoms with van der Waals surface area (Å²) in [6.45, 7) is 2.56. The minimum absolute atomic E-state index is 0.440. The maximum Gasteiger partial charge on any atom is 0.153 e. The number of carbonyl (C=O) groups is 1. The second-order valence-corrected chi connectivity index (χ2v) is 5.45. The maximum absolute atomic E-state index is 10.9. The molecule has 2 nitrogen and oxygen atoms in total. The van der Waals surface area contributed by atoms with Gasteiger partial charge in [-0.15, -0.1) is 11.3 Å². The highest BCUT2D eigenvalue weighted by Crippen LogP contribution is 2.29. The normalized spacial score (nSPS) is 10.3. The number of hydrogen-bond acceptors (Lipinski definition) is 3. The molecule has 0 fully saturated rings. The number of aryl methyl sites for hydroxylation is 1. The Labute approximate surface area is 115 Å². The third kappa shape index (κ3) is 2.92. The van der Waals surface area contributed by atoms with Gasteiger partial charge in [0.25, 0.3) is 0 Å². The van der Waals surface area contributed by atoms with Crippen LogP contribution in [-0.4, -0.2) is 6.29 Å².